The van der Waals surface area contributed by atoms with E-state index in [-0.39, 0.29) is 28.7 Å². The van der Waals surface area contributed by atoms with Crippen molar-refractivity contribution in [3.8, 4) is 0 Å². The molecule has 10 nitrogen and oxygen atoms in total. The van der Waals surface area contributed by atoms with Crippen molar-refractivity contribution >= 4 is 68.1 Å². The van der Waals surface area contributed by atoms with Crippen molar-refractivity contribution in [3.63, 3.8) is 0 Å². The zero-order valence-corrected chi connectivity index (χ0v) is 46.4. The summed E-state index contributed by atoms with van der Waals surface area (Å²) in [5, 5.41) is 0. The van der Waals surface area contributed by atoms with Crippen LogP contribution in [-0.2, 0) is 45.4 Å². The van der Waals surface area contributed by atoms with E-state index in [9.17, 15) is 14.4 Å². The third kappa shape index (κ3) is 32.1. The molecular formula is C39H90O10Si6. The zero-order valence-electron chi connectivity index (χ0n) is 40.4. The van der Waals surface area contributed by atoms with Gasteiger partial charge in [0.2, 0.25) is 0 Å². The molecule has 0 N–H and O–H groups in total. The zero-order chi connectivity index (χ0) is 44.5. The predicted octanol–water partition coefficient (Wildman–Crippen LogP) is 11.5. The molecule has 330 valence electrons. The highest BCUT2D eigenvalue weighted by atomic mass is 28.5. The number of carbonyl (C=O) groups excluding carboxylic acids is 3. The molecule has 0 rings (SSSR count). The minimum atomic E-state index is -2.83. The maximum absolute atomic E-state index is 12.2. The van der Waals surface area contributed by atoms with Crippen LogP contribution in [0.3, 0.4) is 0 Å². The van der Waals surface area contributed by atoms with Gasteiger partial charge in [0, 0.05) is 6.04 Å². The second-order valence-corrected chi connectivity index (χ2v) is 48.4. The van der Waals surface area contributed by atoms with Gasteiger partial charge in [0.05, 0.1) is 43.8 Å². The van der Waals surface area contributed by atoms with Crippen molar-refractivity contribution in [3.05, 3.63) is 0 Å². The number of hydrogen-bond donors (Lipinski definition) is 0. The van der Waals surface area contributed by atoms with Crippen LogP contribution in [0.15, 0.2) is 0 Å². The van der Waals surface area contributed by atoms with Gasteiger partial charge in [-0.1, -0.05) is 40.4 Å². The number of esters is 3. The summed E-state index contributed by atoms with van der Waals surface area (Å²) in [5.74, 6) is -0.331. The lowest BCUT2D eigenvalue weighted by molar-refractivity contribution is -0.155. The topological polar surface area (TPSA) is 116 Å². The molecule has 0 amide bonds. The minimum Gasteiger partial charge on any atom is -0.469 e. The van der Waals surface area contributed by atoms with Crippen LogP contribution in [0, 0.1) is 16.2 Å². The second kappa shape index (κ2) is 24.0. The van der Waals surface area contributed by atoms with Crippen molar-refractivity contribution in [1.29, 1.82) is 0 Å². The van der Waals surface area contributed by atoms with Crippen LogP contribution in [0.4, 0.5) is 0 Å². The fourth-order valence-electron chi connectivity index (χ4n) is 3.85. The first-order valence-corrected chi connectivity index (χ1v) is 39.7. The second-order valence-electron chi connectivity index (χ2n) is 21.5. The Kier molecular flexibility index (Phi) is 25.7. The average Bonchev–Trinajstić information content (AvgIpc) is 2.97. The van der Waals surface area contributed by atoms with E-state index in [4.69, 9.17) is 31.0 Å². The molecule has 0 radical (unpaired) electrons. The van der Waals surface area contributed by atoms with Gasteiger partial charge in [0.15, 0.2) is 33.3 Å². The normalized spacial score (nSPS) is 13.5. The molecule has 0 aliphatic rings. The fraction of sp³-hybridized carbons (Fsp3) is 0.923. The molecule has 16 heteroatoms. The van der Waals surface area contributed by atoms with Crippen LogP contribution < -0.4 is 0 Å². The number of rotatable bonds is 22. The largest absolute Gasteiger partial charge is 0.469 e. The number of ether oxygens (including phenoxy) is 3. The van der Waals surface area contributed by atoms with Gasteiger partial charge >= 0.3 is 26.7 Å². The summed E-state index contributed by atoms with van der Waals surface area (Å²) < 4.78 is 41.5. The van der Waals surface area contributed by atoms with Gasteiger partial charge in [-0.3, -0.25) is 14.4 Å². The molecule has 0 aliphatic carbocycles. The molecule has 0 bridgehead atoms. The van der Waals surface area contributed by atoms with Gasteiger partial charge in [-0.05, 0) is 146 Å². The third-order valence-corrected chi connectivity index (χ3v) is 22.2. The van der Waals surface area contributed by atoms with Crippen molar-refractivity contribution in [2.75, 3.05) is 26.1 Å². The summed E-state index contributed by atoms with van der Waals surface area (Å²) in [7, 11) is -11.1. The van der Waals surface area contributed by atoms with E-state index < -0.39 is 55.6 Å². The van der Waals surface area contributed by atoms with Crippen LogP contribution in [0.5, 0.6) is 0 Å². The van der Waals surface area contributed by atoms with E-state index >= 15 is 0 Å². The van der Waals surface area contributed by atoms with Crippen molar-refractivity contribution in [1.82, 2.24) is 0 Å². The summed E-state index contributed by atoms with van der Waals surface area (Å²) in [5.41, 5.74) is -1.13. The standard InChI is InChI=1S/C18H44O5Si4.C11H24O3Si.C10H22O2Si/c1-13-18(2,3)17(19)20-15-14-16-27(21-24(4,5)6,22-25(7,8)9)23-26(10,11)12;1-7-11(2,3)10(12)13-8-9-14-15(4,5)6;1-7-10(2,3)9(11)12-8-13(4,5)6/h13-16H2,1-12H3;7-9H2,1-6H3;7-8H2,1-6H3. The van der Waals surface area contributed by atoms with E-state index in [0.29, 0.717) is 38.5 Å². The molecule has 0 atom stereocenters. The van der Waals surface area contributed by atoms with E-state index in [1.54, 1.807) is 0 Å². The summed E-state index contributed by atoms with van der Waals surface area (Å²) in [6.07, 6.45) is 3.73. The molecule has 0 saturated carbocycles. The van der Waals surface area contributed by atoms with Crippen LogP contribution in [0.1, 0.15) is 88.0 Å². The Morgan fingerprint density at radius 3 is 1.02 bits per heavy atom. The molecule has 55 heavy (non-hydrogen) atoms. The molecule has 0 aromatic rings. The number of carbonyl (C=O) groups is 3. The van der Waals surface area contributed by atoms with E-state index in [1.165, 1.54) is 0 Å². The Bertz CT molecular complexity index is 1090. The lowest BCUT2D eigenvalue weighted by Gasteiger charge is -2.42. The van der Waals surface area contributed by atoms with Crippen molar-refractivity contribution < 1.29 is 45.4 Å². The molecule has 0 fully saturated rings. The van der Waals surface area contributed by atoms with Crippen LogP contribution in [0.2, 0.25) is 104 Å². The lowest BCUT2D eigenvalue weighted by Crippen LogP contribution is -2.60. The molecule has 0 aliphatic heterocycles. The third-order valence-electron chi connectivity index (χ3n) is 8.04. The van der Waals surface area contributed by atoms with Gasteiger partial charge < -0.3 is 31.0 Å². The Morgan fingerprint density at radius 1 is 0.436 bits per heavy atom. The van der Waals surface area contributed by atoms with Crippen molar-refractivity contribution in [2.45, 2.75) is 192 Å². The van der Waals surface area contributed by atoms with Gasteiger partial charge in [0.1, 0.15) is 6.61 Å². The number of hydrogen-bond acceptors (Lipinski definition) is 10. The Balaban J connectivity index is -0.000000813. The maximum Gasteiger partial charge on any atom is 0.469 e. The first kappa shape index (κ1) is 58.9. The van der Waals surface area contributed by atoms with Crippen LogP contribution in [0.25, 0.3) is 0 Å². The lowest BCUT2D eigenvalue weighted by atomic mass is 9.91. The highest BCUT2D eigenvalue weighted by molar-refractivity contribution is 6.90. The molecule has 0 aromatic carbocycles. The Labute approximate surface area is 346 Å². The smallest absolute Gasteiger partial charge is 0.469 e. The van der Waals surface area contributed by atoms with Crippen molar-refractivity contribution in [2.24, 2.45) is 16.2 Å². The van der Waals surface area contributed by atoms with E-state index in [0.717, 1.165) is 19.3 Å². The van der Waals surface area contributed by atoms with Crippen LogP contribution in [-0.4, -0.2) is 94.1 Å². The Morgan fingerprint density at radius 2 is 0.745 bits per heavy atom. The molecule has 0 heterocycles. The quantitative estimate of drug-likeness (QED) is 0.0450. The first-order chi connectivity index (χ1) is 24.2. The first-order valence-electron chi connectivity index (χ1n) is 20.4. The summed E-state index contributed by atoms with van der Waals surface area (Å²) >= 11 is 0. The average molecular weight is 888 g/mol. The maximum atomic E-state index is 12.2. The predicted molar refractivity (Wildman–Crippen MR) is 246 cm³/mol. The monoisotopic (exact) mass is 887 g/mol. The molecule has 0 saturated heterocycles. The Hall–Kier alpha value is -0.449. The van der Waals surface area contributed by atoms with E-state index in [2.05, 4.69) is 98.2 Å². The van der Waals surface area contributed by atoms with E-state index in [1.807, 2.05) is 62.3 Å². The summed E-state index contributed by atoms with van der Waals surface area (Å²) in [4.78, 5) is 35.3. The summed E-state index contributed by atoms with van der Waals surface area (Å²) in [6.45, 7) is 51.3. The summed E-state index contributed by atoms with van der Waals surface area (Å²) in [6, 6.07) is 0.700. The van der Waals surface area contributed by atoms with Gasteiger partial charge in [-0.25, -0.2) is 0 Å². The van der Waals surface area contributed by atoms with Gasteiger partial charge in [-0.15, -0.1) is 0 Å². The molecule has 0 aromatic heterocycles. The SMILES string of the molecule is CCC(C)(C)C(=O)OCCC[Si](O[Si](C)(C)C)(O[Si](C)(C)C)O[Si](C)(C)C.CCC(C)(C)C(=O)OCCO[Si](C)(C)C.CCC(C)(C)C(=O)OC[Si](C)(C)C. The molecule has 0 unspecified atom stereocenters. The highest BCUT2D eigenvalue weighted by Crippen LogP contribution is 2.30. The molecule has 0 spiro atoms. The molecular weight excluding hydrogens is 797 g/mol. The van der Waals surface area contributed by atoms with Gasteiger partial charge in [-0.2, -0.15) is 0 Å². The highest BCUT2D eigenvalue weighted by Gasteiger charge is 2.49. The minimum absolute atomic E-state index is 0.0579. The van der Waals surface area contributed by atoms with Gasteiger partial charge in [0.25, 0.3) is 0 Å². The van der Waals surface area contributed by atoms with Crippen LogP contribution >= 0.6 is 0 Å². The fourth-order valence-corrected chi connectivity index (χ4v) is 19.7.